The third kappa shape index (κ3) is 2.52. The maximum Gasteiger partial charge on any atom is 0.162 e. The molecule has 1 aromatic carbocycles. The molecule has 0 spiro atoms. The Kier molecular flexibility index (Phi) is 4.21. The maximum absolute atomic E-state index is 14.1. The van der Waals surface area contributed by atoms with Crippen molar-refractivity contribution in [2.75, 3.05) is 0 Å². The lowest BCUT2D eigenvalue weighted by Crippen LogP contribution is -2.13. The second kappa shape index (κ2) is 6.13. The van der Waals surface area contributed by atoms with E-state index in [-0.39, 0.29) is 11.5 Å². The summed E-state index contributed by atoms with van der Waals surface area (Å²) in [5, 5.41) is 10.8. The van der Waals surface area contributed by atoms with Gasteiger partial charge in [-0.1, -0.05) is 25.1 Å². The van der Waals surface area contributed by atoms with Gasteiger partial charge in [-0.15, -0.1) is 0 Å². The molecule has 1 N–H and O–H groups in total. The van der Waals surface area contributed by atoms with E-state index < -0.39 is 23.7 Å². The Morgan fingerprint density at radius 2 is 1.91 bits per heavy atom. The number of pyridine rings is 1. The fourth-order valence-corrected chi connectivity index (χ4v) is 3.44. The van der Waals surface area contributed by atoms with Crippen LogP contribution in [-0.4, -0.2) is 10.1 Å². The summed E-state index contributed by atoms with van der Waals surface area (Å²) < 4.78 is 27.7. The van der Waals surface area contributed by atoms with Gasteiger partial charge >= 0.3 is 0 Å². The Bertz CT molecular complexity index is 674. The molecule has 0 radical (unpaired) electrons. The summed E-state index contributed by atoms with van der Waals surface area (Å²) in [5.74, 6) is -1.93. The summed E-state index contributed by atoms with van der Waals surface area (Å²) in [6.07, 6.45) is 3.18. The number of aliphatic hydroxyl groups excluding tert-OH is 1. The molecule has 4 heteroatoms. The standard InChI is InChI=1S/C18H19F2NO/c1-2-11-8-9-13(12-5-3-7-15(19)16(12)20)18(22)14-6-4-10-21-17(11)14/h3-7,10-11,13,18,22H,2,8-9H2,1H3/t11-,13+,18+/m1/s1. The topological polar surface area (TPSA) is 33.1 Å². The van der Waals surface area contributed by atoms with Gasteiger partial charge in [-0.2, -0.15) is 0 Å². The fraction of sp³-hybridized carbons (Fsp3) is 0.389. The first-order valence-corrected chi connectivity index (χ1v) is 7.70. The van der Waals surface area contributed by atoms with E-state index in [1.807, 2.05) is 6.07 Å². The van der Waals surface area contributed by atoms with Gasteiger partial charge in [0.2, 0.25) is 0 Å². The van der Waals surface area contributed by atoms with E-state index in [0.717, 1.165) is 30.2 Å². The second-order valence-electron chi connectivity index (χ2n) is 5.85. The fourth-order valence-electron chi connectivity index (χ4n) is 3.44. The van der Waals surface area contributed by atoms with E-state index in [9.17, 15) is 13.9 Å². The van der Waals surface area contributed by atoms with Crippen LogP contribution < -0.4 is 0 Å². The van der Waals surface area contributed by atoms with Gasteiger partial charge in [0.1, 0.15) is 0 Å². The van der Waals surface area contributed by atoms with E-state index in [0.29, 0.717) is 6.42 Å². The summed E-state index contributed by atoms with van der Waals surface area (Å²) in [7, 11) is 0. The van der Waals surface area contributed by atoms with E-state index in [4.69, 9.17) is 0 Å². The highest BCUT2D eigenvalue weighted by Gasteiger charge is 2.33. The molecule has 3 rings (SSSR count). The Hall–Kier alpha value is -1.81. The van der Waals surface area contributed by atoms with Gasteiger partial charge in [0, 0.05) is 29.3 Å². The molecule has 0 aliphatic heterocycles. The van der Waals surface area contributed by atoms with Gasteiger partial charge in [0.05, 0.1) is 6.10 Å². The maximum atomic E-state index is 14.1. The first-order valence-electron chi connectivity index (χ1n) is 7.70. The quantitative estimate of drug-likeness (QED) is 0.831. The molecule has 3 atom stereocenters. The molecule has 1 heterocycles. The Balaban J connectivity index is 2.07. The number of halogens is 2. The summed E-state index contributed by atoms with van der Waals surface area (Å²) in [4.78, 5) is 4.42. The van der Waals surface area contributed by atoms with E-state index in [1.54, 1.807) is 18.3 Å². The minimum Gasteiger partial charge on any atom is -0.388 e. The Morgan fingerprint density at radius 1 is 1.14 bits per heavy atom. The number of rotatable bonds is 2. The van der Waals surface area contributed by atoms with Crippen LogP contribution in [0.1, 0.15) is 60.9 Å². The third-order valence-electron chi connectivity index (χ3n) is 4.66. The molecule has 1 aromatic heterocycles. The van der Waals surface area contributed by atoms with Crippen molar-refractivity contribution in [3.8, 4) is 0 Å². The zero-order valence-electron chi connectivity index (χ0n) is 12.5. The lowest BCUT2D eigenvalue weighted by atomic mass is 9.87. The highest BCUT2D eigenvalue weighted by molar-refractivity contribution is 5.33. The van der Waals surface area contributed by atoms with Crippen LogP contribution in [0.15, 0.2) is 36.5 Å². The molecule has 1 aliphatic rings. The van der Waals surface area contributed by atoms with Crippen LogP contribution in [0.3, 0.4) is 0 Å². The monoisotopic (exact) mass is 303 g/mol. The largest absolute Gasteiger partial charge is 0.388 e. The molecule has 116 valence electrons. The smallest absolute Gasteiger partial charge is 0.162 e. The number of aromatic nitrogens is 1. The number of fused-ring (bicyclic) bond motifs is 1. The van der Waals surface area contributed by atoms with Crippen molar-refractivity contribution in [1.82, 2.24) is 4.98 Å². The van der Waals surface area contributed by atoms with Gasteiger partial charge < -0.3 is 5.11 Å². The van der Waals surface area contributed by atoms with Crippen LogP contribution in [0.2, 0.25) is 0 Å². The molecule has 22 heavy (non-hydrogen) atoms. The van der Waals surface area contributed by atoms with Gasteiger partial charge in [-0.05, 0) is 37.0 Å². The molecular weight excluding hydrogens is 284 g/mol. The molecule has 0 saturated heterocycles. The minimum atomic E-state index is -0.868. The van der Waals surface area contributed by atoms with Crippen molar-refractivity contribution in [3.05, 3.63) is 65.0 Å². The molecule has 0 bridgehead atoms. The first-order chi connectivity index (χ1) is 10.6. The zero-order valence-corrected chi connectivity index (χ0v) is 12.5. The SMILES string of the molecule is CC[C@@H]1CC[C@@H](c2cccc(F)c2F)[C@H](O)c2cccnc21. The molecule has 0 saturated carbocycles. The van der Waals surface area contributed by atoms with Crippen molar-refractivity contribution in [2.45, 2.75) is 44.1 Å². The van der Waals surface area contributed by atoms with Gasteiger partial charge in [0.25, 0.3) is 0 Å². The predicted molar refractivity (Wildman–Crippen MR) is 80.6 cm³/mol. The van der Waals surface area contributed by atoms with Crippen LogP contribution >= 0.6 is 0 Å². The van der Waals surface area contributed by atoms with E-state index >= 15 is 0 Å². The molecule has 0 fully saturated rings. The number of nitrogens with zero attached hydrogens (tertiary/aromatic N) is 1. The van der Waals surface area contributed by atoms with Crippen molar-refractivity contribution in [1.29, 1.82) is 0 Å². The molecule has 0 amide bonds. The number of hydrogen-bond donors (Lipinski definition) is 1. The second-order valence-corrected chi connectivity index (χ2v) is 5.85. The van der Waals surface area contributed by atoms with Crippen LogP contribution in [0.5, 0.6) is 0 Å². The van der Waals surface area contributed by atoms with Gasteiger partial charge in [0.15, 0.2) is 11.6 Å². The van der Waals surface area contributed by atoms with Gasteiger partial charge in [-0.3, -0.25) is 4.98 Å². The average molecular weight is 303 g/mol. The van der Waals surface area contributed by atoms with Crippen molar-refractivity contribution in [3.63, 3.8) is 0 Å². The summed E-state index contributed by atoms with van der Waals surface area (Å²) in [6, 6.07) is 7.78. The lowest BCUT2D eigenvalue weighted by molar-refractivity contribution is 0.140. The highest BCUT2D eigenvalue weighted by Crippen LogP contribution is 2.44. The molecular formula is C18H19F2NO. The van der Waals surface area contributed by atoms with Crippen LogP contribution in [0.25, 0.3) is 0 Å². The number of aliphatic hydroxyl groups is 1. The van der Waals surface area contributed by atoms with Crippen LogP contribution in [-0.2, 0) is 0 Å². The Morgan fingerprint density at radius 3 is 2.68 bits per heavy atom. The predicted octanol–water partition coefficient (Wildman–Crippen LogP) is 4.46. The average Bonchev–Trinajstić information content (AvgIpc) is 2.68. The highest BCUT2D eigenvalue weighted by atomic mass is 19.2. The van der Waals surface area contributed by atoms with E-state index in [1.165, 1.54) is 6.07 Å². The molecule has 1 aliphatic carbocycles. The van der Waals surface area contributed by atoms with Crippen LogP contribution in [0.4, 0.5) is 8.78 Å². The summed E-state index contributed by atoms with van der Waals surface area (Å²) in [5.41, 5.74) is 1.87. The number of hydrogen-bond acceptors (Lipinski definition) is 2. The lowest BCUT2D eigenvalue weighted by Gasteiger charge is -2.22. The third-order valence-corrected chi connectivity index (χ3v) is 4.66. The minimum absolute atomic E-state index is 0.243. The summed E-state index contributed by atoms with van der Waals surface area (Å²) in [6.45, 7) is 2.08. The van der Waals surface area contributed by atoms with Crippen molar-refractivity contribution in [2.24, 2.45) is 0 Å². The molecule has 2 nitrogen and oxygen atoms in total. The molecule has 0 unspecified atom stereocenters. The van der Waals surface area contributed by atoms with Crippen molar-refractivity contribution < 1.29 is 13.9 Å². The number of benzene rings is 1. The summed E-state index contributed by atoms with van der Waals surface area (Å²) >= 11 is 0. The zero-order chi connectivity index (χ0) is 15.7. The molecule has 2 aromatic rings. The van der Waals surface area contributed by atoms with E-state index in [2.05, 4.69) is 11.9 Å². The van der Waals surface area contributed by atoms with Gasteiger partial charge in [-0.25, -0.2) is 8.78 Å². The Labute approximate surface area is 128 Å². The van der Waals surface area contributed by atoms with Crippen molar-refractivity contribution >= 4 is 0 Å². The normalized spacial score (nSPS) is 24.6. The first kappa shape index (κ1) is 15.1. The van der Waals surface area contributed by atoms with Crippen LogP contribution in [0, 0.1) is 11.6 Å².